The molecule has 35 heavy (non-hydrogen) atoms. The number of fused-ring (bicyclic) bond motifs is 1. The van der Waals surface area contributed by atoms with Crippen molar-refractivity contribution >= 4 is 0 Å². The second-order valence-corrected chi connectivity index (χ2v) is 8.27. The Morgan fingerprint density at radius 3 is 2.20 bits per heavy atom. The van der Waals surface area contributed by atoms with Crippen LogP contribution in [0.15, 0.2) is 65.7 Å². The summed E-state index contributed by atoms with van der Waals surface area (Å²) < 4.78 is 55.5. The molecule has 0 N–H and O–H groups in total. The summed E-state index contributed by atoms with van der Waals surface area (Å²) in [5.74, 6) is 1.02. The van der Waals surface area contributed by atoms with Gasteiger partial charge in [-0.15, -0.1) is 0 Å². The average molecular weight is 481 g/mol. The number of rotatable bonds is 5. The fourth-order valence-electron chi connectivity index (χ4n) is 4.52. The van der Waals surface area contributed by atoms with Crippen LogP contribution in [0.1, 0.15) is 23.1 Å². The summed E-state index contributed by atoms with van der Waals surface area (Å²) in [4.78, 5) is 13.4. The van der Waals surface area contributed by atoms with Gasteiger partial charge in [0.15, 0.2) is 0 Å². The third-order valence-electron chi connectivity index (χ3n) is 6.20. The highest BCUT2D eigenvalue weighted by Gasteiger charge is 2.35. The molecule has 0 radical (unpaired) electrons. The van der Waals surface area contributed by atoms with Crippen molar-refractivity contribution in [3.05, 3.63) is 88.0 Å². The van der Waals surface area contributed by atoms with Gasteiger partial charge in [0, 0.05) is 35.3 Å². The Labute approximate surface area is 199 Å². The summed E-state index contributed by atoms with van der Waals surface area (Å²) in [6.45, 7) is 0. The van der Waals surface area contributed by atoms with Gasteiger partial charge in [-0.2, -0.15) is 23.0 Å². The minimum Gasteiger partial charge on any atom is -0.497 e. The van der Waals surface area contributed by atoms with E-state index < -0.39 is 17.3 Å². The minimum atomic E-state index is -4.68. The molecule has 5 rings (SSSR count). The highest BCUT2D eigenvalue weighted by molar-refractivity contribution is 5.69. The van der Waals surface area contributed by atoms with Crippen molar-refractivity contribution < 1.29 is 22.6 Å². The van der Waals surface area contributed by atoms with Gasteiger partial charge in [0.2, 0.25) is 0 Å². The summed E-state index contributed by atoms with van der Waals surface area (Å²) in [5, 5.41) is 4.52. The molecule has 2 heterocycles. The number of hydrogen-bond donors (Lipinski definition) is 0. The van der Waals surface area contributed by atoms with Crippen LogP contribution < -0.4 is 15.0 Å². The molecule has 0 unspecified atom stereocenters. The van der Waals surface area contributed by atoms with E-state index in [1.807, 2.05) is 0 Å². The average Bonchev–Trinajstić information content (AvgIpc) is 3.56. The van der Waals surface area contributed by atoms with Crippen LogP contribution in [0.25, 0.3) is 22.6 Å². The van der Waals surface area contributed by atoms with Gasteiger partial charge in [-0.1, -0.05) is 0 Å². The lowest BCUT2D eigenvalue weighted by Crippen LogP contribution is -2.28. The maximum atomic E-state index is 14.1. The Morgan fingerprint density at radius 2 is 1.57 bits per heavy atom. The maximum Gasteiger partial charge on any atom is 0.418 e. The second-order valence-electron chi connectivity index (χ2n) is 8.27. The second kappa shape index (κ2) is 8.65. The normalized spacial score (nSPS) is 13.1. The van der Waals surface area contributed by atoms with Gasteiger partial charge in [0.05, 0.1) is 31.2 Å². The highest BCUT2D eigenvalue weighted by Crippen LogP contribution is 2.37. The van der Waals surface area contributed by atoms with Crippen molar-refractivity contribution in [1.82, 2.24) is 14.3 Å². The fraction of sp³-hybridized carbons (Fsp3) is 0.231. The molecular weight excluding hydrogens is 459 g/mol. The van der Waals surface area contributed by atoms with Crippen LogP contribution in [0.5, 0.6) is 11.5 Å². The smallest absolute Gasteiger partial charge is 0.418 e. The van der Waals surface area contributed by atoms with Crippen LogP contribution >= 0.6 is 0 Å². The van der Waals surface area contributed by atoms with E-state index in [4.69, 9.17) is 9.47 Å². The molecule has 0 spiro atoms. The fourth-order valence-corrected chi connectivity index (χ4v) is 4.52. The number of alkyl halides is 3. The predicted octanol–water partition coefficient (Wildman–Crippen LogP) is 5.21. The summed E-state index contributed by atoms with van der Waals surface area (Å²) in [7, 11) is 3.03. The molecule has 180 valence electrons. The van der Waals surface area contributed by atoms with Crippen LogP contribution in [0.2, 0.25) is 0 Å². The van der Waals surface area contributed by atoms with Crippen LogP contribution in [0.4, 0.5) is 13.2 Å². The Bertz CT molecular complexity index is 1440. The Balaban J connectivity index is 1.80. The predicted molar refractivity (Wildman–Crippen MR) is 125 cm³/mol. The summed E-state index contributed by atoms with van der Waals surface area (Å²) in [6, 6.07) is 12.4. The van der Waals surface area contributed by atoms with E-state index in [-0.39, 0.29) is 5.69 Å². The first-order valence-electron chi connectivity index (χ1n) is 11.0. The Morgan fingerprint density at radius 1 is 0.914 bits per heavy atom. The topological polar surface area (TPSA) is 58.3 Å². The van der Waals surface area contributed by atoms with Crippen LogP contribution in [0.3, 0.4) is 0 Å². The number of ether oxygens (including phenoxy) is 2. The van der Waals surface area contributed by atoms with E-state index in [0.29, 0.717) is 46.8 Å². The van der Waals surface area contributed by atoms with Crippen molar-refractivity contribution in [3.63, 3.8) is 0 Å². The van der Waals surface area contributed by atoms with E-state index in [1.165, 1.54) is 26.4 Å². The summed E-state index contributed by atoms with van der Waals surface area (Å²) in [6.07, 6.45) is 0.578. The summed E-state index contributed by atoms with van der Waals surface area (Å²) in [5.41, 5.74) is 0.961. The van der Waals surface area contributed by atoms with E-state index in [9.17, 15) is 18.0 Å². The SMILES string of the molecule is COc1cc(OC)cc(-c2nn(-c3cc(-n4cccc4)ccc3C(F)(F)F)c(=O)c3c2CCC3)c1. The molecule has 6 nitrogen and oxygen atoms in total. The van der Waals surface area contributed by atoms with Gasteiger partial charge in [0.25, 0.3) is 5.56 Å². The molecule has 0 saturated carbocycles. The number of nitrogens with zero attached hydrogens (tertiary/aromatic N) is 3. The van der Waals surface area contributed by atoms with Gasteiger partial charge in [-0.05, 0) is 67.3 Å². The van der Waals surface area contributed by atoms with E-state index in [2.05, 4.69) is 5.10 Å². The lowest BCUT2D eigenvalue weighted by atomic mass is 10.0. The zero-order chi connectivity index (χ0) is 24.7. The molecule has 0 saturated heterocycles. The third kappa shape index (κ3) is 4.07. The Hall–Kier alpha value is -4.01. The molecule has 4 aromatic rings. The lowest BCUT2D eigenvalue weighted by Gasteiger charge is -2.18. The molecule has 0 atom stereocenters. The number of halogens is 3. The number of hydrogen-bond acceptors (Lipinski definition) is 4. The molecule has 0 aliphatic heterocycles. The zero-order valence-electron chi connectivity index (χ0n) is 19.1. The largest absolute Gasteiger partial charge is 0.497 e. The molecule has 1 aliphatic carbocycles. The van der Waals surface area contributed by atoms with Gasteiger partial charge in [0.1, 0.15) is 11.5 Å². The number of aromatic nitrogens is 3. The van der Waals surface area contributed by atoms with Crippen molar-refractivity contribution in [2.45, 2.75) is 25.4 Å². The number of methoxy groups -OCH3 is 2. The lowest BCUT2D eigenvalue weighted by molar-refractivity contribution is -0.137. The maximum absolute atomic E-state index is 14.1. The molecule has 0 bridgehead atoms. The molecule has 2 aromatic heterocycles. The van der Waals surface area contributed by atoms with Gasteiger partial charge < -0.3 is 14.0 Å². The summed E-state index contributed by atoms with van der Waals surface area (Å²) >= 11 is 0. The highest BCUT2D eigenvalue weighted by atomic mass is 19.4. The van der Waals surface area contributed by atoms with Crippen molar-refractivity contribution in [3.8, 4) is 34.1 Å². The number of benzene rings is 2. The van der Waals surface area contributed by atoms with E-state index in [0.717, 1.165) is 22.7 Å². The molecule has 2 aromatic carbocycles. The standard InChI is InChI=1S/C26H22F3N3O3/c1-34-18-12-16(13-19(15-18)35-2)24-20-6-5-7-21(20)25(33)32(30-24)23-14-17(31-10-3-4-11-31)8-9-22(23)26(27,28)29/h3-4,8-15H,5-7H2,1-2H3. The molecule has 9 heteroatoms. The first-order valence-corrected chi connectivity index (χ1v) is 11.0. The van der Waals surface area contributed by atoms with Crippen LogP contribution in [-0.4, -0.2) is 28.6 Å². The van der Waals surface area contributed by atoms with Crippen molar-refractivity contribution in [2.75, 3.05) is 14.2 Å². The monoisotopic (exact) mass is 481 g/mol. The first-order chi connectivity index (χ1) is 16.8. The van der Waals surface area contributed by atoms with Crippen LogP contribution in [0, 0.1) is 0 Å². The van der Waals surface area contributed by atoms with Crippen LogP contribution in [-0.2, 0) is 19.0 Å². The third-order valence-corrected chi connectivity index (χ3v) is 6.20. The van der Waals surface area contributed by atoms with Crippen molar-refractivity contribution in [1.29, 1.82) is 0 Å². The first kappa shape index (κ1) is 22.8. The molecule has 0 fully saturated rings. The Kier molecular flexibility index (Phi) is 5.62. The van der Waals surface area contributed by atoms with Gasteiger partial charge in [-0.3, -0.25) is 4.79 Å². The van der Waals surface area contributed by atoms with Crippen molar-refractivity contribution in [2.24, 2.45) is 0 Å². The van der Waals surface area contributed by atoms with Gasteiger partial charge >= 0.3 is 6.18 Å². The van der Waals surface area contributed by atoms with E-state index in [1.54, 1.807) is 47.3 Å². The molecule has 0 amide bonds. The quantitative estimate of drug-likeness (QED) is 0.393. The van der Waals surface area contributed by atoms with E-state index >= 15 is 0 Å². The molecule has 1 aliphatic rings. The minimum absolute atomic E-state index is 0.320. The van der Waals surface area contributed by atoms with Gasteiger partial charge in [-0.25, -0.2) is 0 Å². The molecular formula is C26H22F3N3O3. The zero-order valence-corrected chi connectivity index (χ0v) is 19.1.